The first-order valence-electron chi connectivity index (χ1n) is 14.8. The number of primary amides is 1. The molecule has 0 aliphatic carbocycles. The molecule has 13 heteroatoms. The largest absolute Gasteiger partial charge is 0.370 e. The summed E-state index contributed by atoms with van der Waals surface area (Å²) in [7, 11) is 0. The molecule has 0 fully saturated rings. The Balaban J connectivity index is 2.16. The number of nitrogens with two attached hydrogens (primary N) is 5. The molecule has 2 rings (SSSR count). The van der Waals surface area contributed by atoms with E-state index in [2.05, 4.69) is 15.3 Å². The standard InChI is InChI=1S/C32H44N8O5/c1-20(41)17-24(9-5-15-38-31(34)35)30(45)40-26(10-6-16-39-32(36)37)27(42)19-25(29(33)44)18-21-11-13-23(14-12-21)28(43)22-7-3-2-4-8-22/h2-4,7-8,11-14,24-26H,5-6,9-10,15-19H2,1H3,(H2,33,44)(H,40,45)(H4,34,35,38)(H4,36,37,39). The molecule has 0 spiro atoms. The van der Waals surface area contributed by atoms with Crippen molar-refractivity contribution in [2.45, 2.75) is 57.9 Å². The number of aliphatic imine (C=N–C) groups is 2. The third-order valence-electron chi connectivity index (χ3n) is 7.14. The number of rotatable bonds is 20. The SMILES string of the molecule is CC(=O)CC(CCCN=C(N)N)C(=O)NC(CCCN=C(N)N)C(=O)CC(Cc1ccc(C(=O)c2ccccc2)cc1)C(N)=O. The predicted octanol–water partition coefficient (Wildman–Crippen LogP) is 0.708. The van der Waals surface area contributed by atoms with Gasteiger partial charge in [0.25, 0.3) is 0 Å². The molecule has 3 unspecified atom stereocenters. The van der Waals surface area contributed by atoms with Crippen LogP contribution in [0.2, 0.25) is 0 Å². The van der Waals surface area contributed by atoms with Gasteiger partial charge in [0.15, 0.2) is 23.5 Å². The minimum Gasteiger partial charge on any atom is -0.370 e. The first kappa shape index (κ1) is 36.1. The molecule has 0 aliphatic rings. The van der Waals surface area contributed by atoms with E-state index in [4.69, 9.17) is 28.7 Å². The van der Waals surface area contributed by atoms with Gasteiger partial charge in [0, 0.05) is 48.9 Å². The molecule has 0 saturated heterocycles. The Morgan fingerprint density at radius 3 is 1.80 bits per heavy atom. The molecule has 0 heterocycles. The van der Waals surface area contributed by atoms with Gasteiger partial charge in [0.2, 0.25) is 11.8 Å². The summed E-state index contributed by atoms with van der Waals surface area (Å²) in [6.07, 6.45) is 1.26. The molecular weight excluding hydrogens is 576 g/mol. The van der Waals surface area contributed by atoms with Crippen LogP contribution in [0.15, 0.2) is 64.6 Å². The van der Waals surface area contributed by atoms with Gasteiger partial charge in [-0.25, -0.2) is 0 Å². The Hall–Kier alpha value is -5.07. The zero-order valence-corrected chi connectivity index (χ0v) is 25.6. The number of carbonyl (C=O) groups excluding carboxylic acids is 5. The Labute approximate surface area is 263 Å². The Kier molecular flexibility index (Phi) is 14.9. The van der Waals surface area contributed by atoms with Crippen LogP contribution in [-0.4, -0.2) is 60.2 Å². The van der Waals surface area contributed by atoms with Gasteiger partial charge in [-0.3, -0.25) is 29.2 Å². The lowest BCUT2D eigenvalue weighted by Crippen LogP contribution is -2.45. The van der Waals surface area contributed by atoms with Crippen LogP contribution in [0.1, 0.15) is 66.9 Å². The molecule has 242 valence electrons. The Bertz CT molecular complexity index is 1370. The summed E-state index contributed by atoms with van der Waals surface area (Å²) >= 11 is 0. The summed E-state index contributed by atoms with van der Waals surface area (Å²) in [4.78, 5) is 71.7. The second-order valence-electron chi connectivity index (χ2n) is 10.9. The van der Waals surface area contributed by atoms with Crippen LogP contribution in [0.5, 0.6) is 0 Å². The van der Waals surface area contributed by atoms with Crippen LogP contribution in [0, 0.1) is 11.8 Å². The van der Waals surface area contributed by atoms with Crippen LogP contribution in [-0.2, 0) is 25.6 Å². The van der Waals surface area contributed by atoms with E-state index in [1.807, 2.05) is 6.07 Å². The molecule has 3 atom stereocenters. The molecule has 2 amide bonds. The highest BCUT2D eigenvalue weighted by Crippen LogP contribution is 2.19. The van der Waals surface area contributed by atoms with Crippen molar-refractivity contribution < 1.29 is 24.0 Å². The third kappa shape index (κ3) is 13.4. The maximum Gasteiger partial charge on any atom is 0.224 e. The second kappa shape index (κ2) is 18.6. The van der Waals surface area contributed by atoms with Gasteiger partial charge in [0.05, 0.1) is 6.04 Å². The summed E-state index contributed by atoms with van der Waals surface area (Å²) in [5.74, 6) is -3.59. The third-order valence-corrected chi connectivity index (χ3v) is 7.14. The number of hydrogen-bond donors (Lipinski definition) is 6. The number of benzene rings is 2. The number of hydrogen-bond acceptors (Lipinski definition) is 7. The predicted molar refractivity (Wildman–Crippen MR) is 173 cm³/mol. The van der Waals surface area contributed by atoms with Gasteiger partial charge >= 0.3 is 0 Å². The number of nitrogens with zero attached hydrogens (tertiary/aromatic N) is 2. The summed E-state index contributed by atoms with van der Waals surface area (Å²) in [5.41, 5.74) is 29.0. The Morgan fingerprint density at radius 1 is 0.711 bits per heavy atom. The van der Waals surface area contributed by atoms with Crippen molar-refractivity contribution in [2.24, 2.45) is 50.5 Å². The number of nitrogens with one attached hydrogen (secondary N) is 1. The fourth-order valence-electron chi connectivity index (χ4n) is 4.82. The molecule has 13 nitrogen and oxygen atoms in total. The van der Waals surface area contributed by atoms with Gasteiger partial charge in [-0.2, -0.15) is 0 Å². The van der Waals surface area contributed by atoms with Crippen molar-refractivity contribution in [2.75, 3.05) is 13.1 Å². The minimum atomic E-state index is -0.966. The molecule has 0 radical (unpaired) electrons. The van der Waals surface area contributed by atoms with E-state index in [1.54, 1.807) is 48.5 Å². The smallest absolute Gasteiger partial charge is 0.224 e. The molecule has 0 aromatic heterocycles. The zero-order valence-electron chi connectivity index (χ0n) is 25.6. The molecule has 0 saturated carbocycles. The van der Waals surface area contributed by atoms with E-state index in [-0.39, 0.29) is 62.3 Å². The lowest BCUT2D eigenvalue weighted by Gasteiger charge is -2.23. The van der Waals surface area contributed by atoms with Crippen molar-refractivity contribution >= 4 is 41.1 Å². The molecule has 2 aromatic carbocycles. The first-order valence-corrected chi connectivity index (χ1v) is 14.8. The van der Waals surface area contributed by atoms with E-state index in [1.165, 1.54) is 6.92 Å². The van der Waals surface area contributed by atoms with E-state index >= 15 is 0 Å². The van der Waals surface area contributed by atoms with Gasteiger partial charge in [-0.05, 0) is 44.6 Å². The summed E-state index contributed by atoms with van der Waals surface area (Å²) < 4.78 is 0. The van der Waals surface area contributed by atoms with Crippen molar-refractivity contribution in [3.05, 3.63) is 71.3 Å². The normalized spacial score (nSPS) is 12.6. The summed E-state index contributed by atoms with van der Waals surface area (Å²) in [5, 5.41) is 2.78. The van der Waals surface area contributed by atoms with Crippen LogP contribution >= 0.6 is 0 Å². The van der Waals surface area contributed by atoms with Crippen molar-refractivity contribution in [1.82, 2.24) is 5.32 Å². The van der Waals surface area contributed by atoms with Gasteiger partial charge in [-0.15, -0.1) is 0 Å². The fourth-order valence-corrected chi connectivity index (χ4v) is 4.82. The average Bonchev–Trinajstić information content (AvgIpc) is 2.99. The van der Waals surface area contributed by atoms with Gasteiger partial charge < -0.3 is 38.8 Å². The van der Waals surface area contributed by atoms with Crippen LogP contribution in [0.25, 0.3) is 0 Å². The van der Waals surface area contributed by atoms with Crippen molar-refractivity contribution in [3.8, 4) is 0 Å². The topological polar surface area (TPSA) is 252 Å². The molecule has 45 heavy (non-hydrogen) atoms. The molecule has 11 N–H and O–H groups in total. The molecular formula is C32H44N8O5. The van der Waals surface area contributed by atoms with Crippen molar-refractivity contribution in [1.29, 1.82) is 0 Å². The second-order valence-corrected chi connectivity index (χ2v) is 10.9. The number of amides is 2. The monoisotopic (exact) mass is 620 g/mol. The van der Waals surface area contributed by atoms with Gasteiger partial charge in [0.1, 0.15) is 5.78 Å². The summed E-state index contributed by atoms with van der Waals surface area (Å²) in [6, 6.07) is 14.7. The quantitative estimate of drug-likeness (QED) is 0.0526. The fraction of sp³-hybridized carbons (Fsp3) is 0.406. The average molecular weight is 621 g/mol. The van der Waals surface area contributed by atoms with Crippen molar-refractivity contribution in [3.63, 3.8) is 0 Å². The number of guanidine groups is 2. The van der Waals surface area contributed by atoms with E-state index in [0.29, 0.717) is 36.0 Å². The maximum atomic E-state index is 13.5. The highest BCUT2D eigenvalue weighted by Gasteiger charge is 2.29. The van der Waals surface area contributed by atoms with E-state index in [9.17, 15) is 24.0 Å². The lowest BCUT2D eigenvalue weighted by atomic mass is 9.89. The molecule has 0 aliphatic heterocycles. The molecule has 0 bridgehead atoms. The number of ketones is 3. The van der Waals surface area contributed by atoms with Crippen LogP contribution in [0.3, 0.4) is 0 Å². The summed E-state index contributed by atoms with van der Waals surface area (Å²) in [6.45, 7) is 1.90. The zero-order chi connectivity index (χ0) is 33.4. The van der Waals surface area contributed by atoms with E-state index < -0.39 is 35.5 Å². The highest BCUT2D eigenvalue weighted by atomic mass is 16.2. The highest BCUT2D eigenvalue weighted by molar-refractivity contribution is 6.09. The van der Waals surface area contributed by atoms with E-state index in [0.717, 1.165) is 0 Å². The minimum absolute atomic E-state index is 0.0186. The number of Topliss-reactive ketones (excluding diaryl/α,β-unsaturated/α-hetero) is 2. The maximum absolute atomic E-state index is 13.5. The molecule has 2 aromatic rings. The van der Waals surface area contributed by atoms with Gasteiger partial charge in [-0.1, -0.05) is 54.6 Å². The van der Waals surface area contributed by atoms with Crippen LogP contribution in [0.4, 0.5) is 0 Å². The van der Waals surface area contributed by atoms with Crippen LogP contribution < -0.4 is 34.0 Å². The Morgan fingerprint density at radius 2 is 1.27 bits per heavy atom. The number of carbonyl (C=O) groups is 5. The first-order chi connectivity index (χ1) is 21.4. The lowest BCUT2D eigenvalue weighted by molar-refractivity contribution is -0.133.